The zero-order chi connectivity index (χ0) is 21.8. The van der Waals surface area contributed by atoms with Crippen LogP contribution in [-0.2, 0) is 13.1 Å². The Morgan fingerprint density at radius 2 is 1.74 bits per heavy atom. The van der Waals surface area contributed by atoms with Crippen molar-refractivity contribution in [3.05, 3.63) is 95.4 Å². The molecule has 2 amide bonds. The van der Waals surface area contributed by atoms with E-state index >= 15 is 0 Å². The molecule has 0 aliphatic heterocycles. The third-order valence-electron chi connectivity index (χ3n) is 4.96. The number of hydrogen-bond donors (Lipinski definition) is 3. The lowest BCUT2D eigenvalue weighted by atomic mass is 10.1. The highest BCUT2D eigenvalue weighted by molar-refractivity contribution is 5.96. The third kappa shape index (κ3) is 4.41. The molecule has 0 saturated heterocycles. The molecular formula is C24H21N5O2. The average Bonchev–Trinajstić information content (AvgIpc) is 2.82. The van der Waals surface area contributed by atoms with E-state index in [0.717, 1.165) is 16.3 Å². The van der Waals surface area contributed by atoms with Crippen molar-refractivity contribution in [2.45, 2.75) is 13.1 Å². The van der Waals surface area contributed by atoms with Gasteiger partial charge < -0.3 is 16.8 Å². The van der Waals surface area contributed by atoms with E-state index in [4.69, 9.17) is 11.5 Å². The Morgan fingerprint density at radius 3 is 2.52 bits per heavy atom. The van der Waals surface area contributed by atoms with Gasteiger partial charge in [-0.2, -0.15) is 0 Å². The summed E-state index contributed by atoms with van der Waals surface area (Å²) in [6.45, 7) is 0.466. The Balaban J connectivity index is 1.53. The maximum Gasteiger partial charge on any atom is 0.269 e. The zero-order valence-electron chi connectivity index (χ0n) is 16.7. The van der Waals surface area contributed by atoms with Crippen LogP contribution in [0.15, 0.2) is 72.9 Å². The Hall–Kier alpha value is -4.10. The van der Waals surface area contributed by atoms with Crippen molar-refractivity contribution in [2.24, 2.45) is 11.5 Å². The Labute approximate surface area is 179 Å². The summed E-state index contributed by atoms with van der Waals surface area (Å²) in [4.78, 5) is 32.8. The molecule has 0 bridgehead atoms. The Bertz CT molecular complexity index is 1290. The number of aromatic nitrogens is 2. The van der Waals surface area contributed by atoms with Crippen LogP contribution in [0.3, 0.4) is 0 Å². The van der Waals surface area contributed by atoms with Gasteiger partial charge in [-0.15, -0.1) is 0 Å². The van der Waals surface area contributed by atoms with Gasteiger partial charge in [-0.3, -0.25) is 14.6 Å². The molecule has 7 heteroatoms. The predicted molar refractivity (Wildman–Crippen MR) is 119 cm³/mol. The second-order valence-electron chi connectivity index (χ2n) is 7.06. The van der Waals surface area contributed by atoms with E-state index in [1.54, 1.807) is 24.3 Å². The molecule has 0 atom stereocenters. The average molecular weight is 411 g/mol. The van der Waals surface area contributed by atoms with E-state index in [-0.39, 0.29) is 18.1 Å². The molecule has 7 nitrogen and oxygen atoms in total. The molecule has 0 radical (unpaired) electrons. The van der Waals surface area contributed by atoms with Crippen molar-refractivity contribution in [3.8, 4) is 11.3 Å². The van der Waals surface area contributed by atoms with E-state index in [2.05, 4.69) is 27.4 Å². The SMILES string of the molecule is NCc1ncc(-c2cccc(C(=O)NCc3ccc4ccccc4c3)c2)nc1C(N)=O. The quantitative estimate of drug-likeness (QED) is 0.450. The number of amides is 2. The molecule has 5 N–H and O–H groups in total. The number of carbonyl (C=O) groups is 2. The summed E-state index contributed by atoms with van der Waals surface area (Å²) >= 11 is 0. The summed E-state index contributed by atoms with van der Waals surface area (Å²) in [6, 6.07) is 21.1. The molecular weight excluding hydrogens is 390 g/mol. The summed E-state index contributed by atoms with van der Waals surface area (Å²) in [5, 5.41) is 5.22. The first kappa shape index (κ1) is 20.2. The molecule has 3 aromatic carbocycles. The third-order valence-corrected chi connectivity index (χ3v) is 4.96. The molecule has 1 aromatic heterocycles. The summed E-state index contributed by atoms with van der Waals surface area (Å²) in [6.07, 6.45) is 1.51. The molecule has 4 rings (SSSR count). The monoisotopic (exact) mass is 411 g/mol. The van der Waals surface area contributed by atoms with E-state index in [1.807, 2.05) is 30.3 Å². The van der Waals surface area contributed by atoms with Crippen LogP contribution in [0.25, 0.3) is 22.0 Å². The number of benzene rings is 3. The second kappa shape index (κ2) is 8.73. The smallest absolute Gasteiger partial charge is 0.269 e. The Kier molecular flexibility index (Phi) is 5.68. The van der Waals surface area contributed by atoms with Crippen LogP contribution in [-0.4, -0.2) is 21.8 Å². The molecule has 31 heavy (non-hydrogen) atoms. The van der Waals surface area contributed by atoms with Gasteiger partial charge in [0.1, 0.15) is 0 Å². The van der Waals surface area contributed by atoms with Crippen molar-refractivity contribution in [2.75, 3.05) is 0 Å². The fourth-order valence-corrected chi connectivity index (χ4v) is 3.35. The van der Waals surface area contributed by atoms with Crippen LogP contribution >= 0.6 is 0 Å². The topological polar surface area (TPSA) is 124 Å². The Morgan fingerprint density at radius 1 is 0.935 bits per heavy atom. The first-order valence-corrected chi connectivity index (χ1v) is 9.77. The normalized spacial score (nSPS) is 10.7. The number of nitrogens with zero attached hydrogens (tertiary/aromatic N) is 2. The van der Waals surface area contributed by atoms with Gasteiger partial charge in [0.2, 0.25) is 0 Å². The largest absolute Gasteiger partial charge is 0.364 e. The van der Waals surface area contributed by atoms with Crippen molar-refractivity contribution in [1.82, 2.24) is 15.3 Å². The van der Waals surface area contributed by atoms with Gasteiger partial charge in [0.15, 0.2) is 5.69 Å². The summed E-state index contributed by atoms with van der Waals surface area (Å²) in [7, 11) is 0. The predicted octanol–water partition coefficient (Wildman–Crippen LogP) is 2.78. The molecule has 0 unspecified atom stereocenters. The number of nitrogens with one attached hydrogen (secondary N) is 1. The molecule has 154 valence electrons. The first-order valence-electron chi connectivity index (χ1n) is 9.77. The van der Waals surface area contributed by atoms with Crippen LogP contribution in [0, 0.1) is 0 Å². The van der Waals surface area contributed by atoms with Crippen LogP contribution in [0.2, 0.25) is 0 Å². The minimum absolute atomic E-state index is 0.0335. The number of fused-ring (bicyclic) bond motifs is 1. The number of primary amides is 1. The van der Waals surface area contributed by atoms with Crippen LogP contribution in [0.5, 0.6) is 0 Å². The van der Waals surface area contributed by atoms with Crippen molar-refractivity contribution in [3.63, 3.8) is 0 Å². The van der Waals surface area contributed by atoms with Crippen molar-refractivity contribution in [1.29, 1.82) is 0 Å². The summed E-state index contributed by atoms with van der Waals surface area (Å²) in [5.41, 5.74) is 13.9. The molecule has 0 fully saturated rings. The minimum atomic E-state index is -0.695. The van der Waals surface area contributed by atoms with E-state index in [0.29, 0.717) is 29.1 Å². The van der Waals surface area contributed by atoms with E-state index in [1.165, 1.54) is 6.20 Å². The van der Waals surface area contributed by atoms with Crippen LogP contribution in [0.1, 0.15) is 32.1 Å². The van der Waals surface area contributed by atoms with Crippen molar-refractivity contribution < 1.29 is 9.59 Å². The van der Waals surface area contributed by atoms with Gasteiger partial charge in [0.05, 0.1) is 17.6 Å². The maximum atomic E-state index is 12.7. The van der Waals surface area contributed by atoms with Crippen LogP contribution in [0.4, 0.5) is 0 Å². The van der Waals surface area contributed by atoms with Gasteiger partial charge in [-0.05, 0) is 34.5 Å². The van der Waals surface area contributed by atoms with E-state index in [9.17, 15) is 9.59 Å². The molecule has 0 spiro atoms. The molecule has 0 aliphatic rings. The van der Waals surface area contributed by atoms with Gasteiger partial charge in [-0.25, -0.2) is 4.98 Å². The standard InChI is InChI=1S/C24H21N5O2/c25-12-20-22(23(26)30)29-21(14-27-20)18-6-3-7-19(11-18)24(31)28-13-15-8-9-16-4-1-2-5-17(16)10-15/h1-11,14H,12-13,25H2,(H2,26,30)(H,28,31). The second-order valence-corrected chi connectivity index (χ2v) is 7.06. The lowest BCUT2D eigenvalue weighted by Crippen LogP contribution is -2.22. The highest BCUT2D eigenvalue weighted by atomic mass is 16.2. The van der Waals surface area contributed by atoms with E-state index < -0.39 is 5.91 Å². The lowest BCUT2D eigenvalue weighted by Gasteiger charge is -2.09. The highest BCUT2D eigenvalue weighted by Gasteiger charge is 2.14. The first-order chi connectivity index (χ1) is 15.0. The van der Waals surface area contributed by atoms with Crippen LogP contribution < -0.4 is 16.8 Å². The number of carbonyl (C=O) groups excluding carboxylic acids is 2. The number of nitrogens with two attached hydrogens (primary N) is 2. The number of hydrogen-bond acceptors (Lipinski definition) is 5. The number of rotatable bonds is 6. The van der Waals surface area contributed by atoms with Gasteiger partial charge in [0, 0.05) is 24.2 Å². The zero-order valence-corrected chi connectivity index (χ0v) is 16.7. The highest BCUT2D eigenvalue weighted by Crippen LogP contribution is 2.20. The lowest BCUT2D eigenvalue weighted by molar-refractivity contribution is 0.0949. The summed E-state index contributed by atoms with van der Waals surface area (Å²) in [5.74, 6) is -0.907. The maximum absolute atomic E-state index is 12.7. The van der Waals surface area contributed by atoms with Gasteiger partial charge in [0.25, 0.3) is 11.8 Å². The fraction of sp³-hybridized carbons (Fsp3) is 0.0833. The van der Waals surface area contributed by atoms with Crippen molar-refractivity contribution >= 4 is 22.6 Å². The molecule has 4 aromatic rings. The molecule has 0 saturated carbocycles. The van der Waals surface area contributed by atoms with Gasteiger partial charge in [-0.1, -0.05) is 48.5 Å². The minimum Gasteiger partial charge on any atom is -0.364 e. The fourth-order valence-electron chi connectivity index (χ4n) is 3.35. The van der Waals surface area contributed by atoms with Gasteiger partial charge >= 0.3 is 0 Å². The molecule has 0 aliphatic carbocycles. The molecule has 1 heterocycles. The summed E-state index contributed by atoms with van der Waals surface area (Å²) < 4.78 is 0.